The zero-order chi connectivity index (χ0) is 24.5. The van der Waals surface area contributed by atoms with Gasteiger partial charge < -0.3 is 24.8 Å². The maximum absolute atomic E-state index is 10.9. The fourth-order valence-electron chi connectivity index (χ4n) is 3.20. The van der Waals surface area contributed by atoms with E-state index in [1.807, 2.05) is 49.3 Å². The molecule has 0 unspecified atom stereocenters. The van der Waals surface area contributed by atoms with Crippen molar-refractivity contribution in [1.29, 1.82) is 0 Å². The number of hydrogen-bond donors (Lipinski definition) is 2. The molecule has 0 heterocycles. The molecule has 7 nitrogen and oxygen atoms in total. The molecule has 0 bridgehead atoms. The first kappa shape index (κ1) is 27.4. The van der Waals surface area contributed by atoms with Gasteiger partial charge in [0, 0.05) is 18.2 Å². The molecule has 0 spiro atoms. The Labute approximate surface area is 196 Å². The van der Waals surface area contributed by atoms with Gasteiger partial charge in [-0.15, -0.1) is 0 Å². The lowest BCUT2D eigenvalue weighted by atomic mass is 10.1. The van der Waals surface area contributed by atoms with E-state index in [2.05, 4.69) is 24.3 Å². The number of rotatable bonds is 8. The molecule has 178 valence electrons. The highest BCUT2D eigenvalue weighted by Crippen LogP contribution is 2.38. The zero-order valence-electron chi connectivity index (χ0n) is 19.7. The number of nitrogens with one attached hydrogen (secondary N) is 1. The lowest BCUT2D eigenvalue weighted by molar-refractivity contribution is -0.0980. The topological polar surface area (TPSA) is 97.2 Å². The first-order valence-electron chi connectivity index (χ1n) is 11.0. The van der Waals surface area contributed by atoms with Gasteiger partial charge in [0.15, 0.2) is 0 Å². The van der Waals surface area contributed by atoms with Gasteiger partial charge in [-0.1, -0.05) is 69.0 Å². The van der Waals surface area contributed by atoms with Crippen molar-refractivity contribution in [3.8, 4) is 16.9 Å². The second-order valence-electron chi connectivity index (χ2n) is 7.04. The van der Waals surface area contributed by atoms with E-state index in [1.54, 1.807) is 12.2 Å². The highest BCUT2D eigenvalue weighted by Gasteiger charge is 2.25. The van der Waals surface area contributed by atoms with Crippen LogP contribution in [0.25, 0.3) is 11.1 Å². The smallest absolute Gasteiger partial charge is 0.407 e. The largest absolute Gasteiger partial charge is 0.490 e. The number of amides is 1. The predicted molar refractivity (Wildman–Crippen MR) is 131 cm³/mol. The highest BCUT2D eigenvalue weighted by molar-refractivity contribution is 6.24. The molecule has 0 saturated heterocycles. The Balaban J connectivity index is 0.000000593. The summed E-state index contributed by atoms with van der Waals surface area (Å²) in [5, 5.41) is 15.2. The fourth-order valence-corrected chi connectivity index (χ4v) is 3.20. The van der Waals surface area contributed by atoms with E-state index in [9.17, 15) is 10.0 Å². The van der Waals surface area contributed by atoms with Gasteiger partial charge in [0.25, 0.3) is 0 Å². The fraction of sp³-hybridized carbons (Fsp3) is 0.346. The number of hydrogen-bond acceptors (Lipinski definition) is 6. The van der Waals surface area contributed by atoms with Crippen LogP contribution in [0.1, 0.15) is 50.7 Å². The number of nitrogens with zero attached hydrogens (tertiary/aromatic N) is 1. The maximum atomic E-state index is 10.9. The lowest BCUT2D eigenvalue weighted by Gasteiger charge is -2.06. The first-order chi connectivity index (χ1) is 16.2. The van der Waals surface area contributed by atoms with Crippen molar-refractivity contribution < 1.29 is 24.3 Å². The molecule has 0 aromatic heterocycles. The first-order valence-corrected chi connectivity index (χ1v) is 11.0. The number of fused-ring (bicyclic) bond motifs is 3. The molecule has 2 N–H and O–H groups in total. The van der Waals surface area contributed by atoms with Crippen molar-refractivity contribution in [2.75, 3.05) is 20.3 Å². The third-order valence-electron chi connectivity index (χ3n) is 4.80. The van der Waals surface area contributed by atoms with Crippen LogP contribution in [-0.4, -0.2) is 44.1 Å². The summed E-state index contributed by atoms with van der Waals surface area (Å²) in [7, 11) is 1.51. The Morgan fingerprint density at radius 2 is 1.58 bits per heavy atom. The Hall–Kier alpha value is -3.61. The summed E-state index contributed by atoms with van der Waals surface area (Å²) in [4.78, 5) is 18.9. The summed E-state index contributed by atoms with van der Waals surface area (Å²) >= 11 is 0. The Bertz CT molecular complexity index is 921. The van der Waals surface area contributed by atoms with Crippen LogP contribution in [0.2, 0.25) is 0 Å². The SMILES string of the molecule is C=O.CCCCCC.CNC(=O)OC/C=C\COc1ccc2c(c1)/C(=N/O)c1ccccc1-2. The molecule has 0 radical (unpaired) electrons. The zero-order valence-corrected chi connectivity index (χ0v) is 19.7. The van der Waals surface area contributed by atoms with E-state index < -0.39 is 6.09 Å². The predicted octanol–water partition coefficient (Wildman–Crippen LogP) is 5.59. The van der Waals surface area contributed by atoms with Crippen molar-refractivity contribution in [3.63, 3.8) is 0 Å². The van der Waals surface area contributed by atoms with E-state index in [1.165, 1.54) is 32.7 Å². The third kappa shape index (κ3) is 8.44. The number of carbonyl (C=O) groups is 2. The Kier molecular flexibility index (Phi) is 13.4. The molecular formula is C26H34N2O5. The highest BCUT2D eigenvalue weighted by atomic mass is 16.5. The molecule has 3 rings (SSSR count). The van der Waals surface area contributed by atoms with Crippen LogP contribution < -0.4 is 10.1 Å². The number of ether oxygens (including phenoxy) is 2. The number of carbonyl (C=O) groups excluding carboxylic acids is 2. The number of alkyl carbamates (subject to hydrolysis) is 1. The second kappa shape index (κ2) is 16.1. The average molecular weight is 455 g/mol. The number of benzene rings is 2. The Morgan fingerprint density at radius 1 is 0.970 bits per heavy atom. The van der Waals surface area contributed by atoms with Gasteiger partial charge in [0.1, 0.15) is 31.5 Å². The molecule has 7 heteroatoms. The molecule has 2 aromatic rings. The number of unbranched alkanes of at least 4 members (excludes halogenated alkanes) is 3. The van der Waals surface area contributed by atoms with Gasteiger partial charge in [-0.3, -0.25) is 0 Å². The lowest BCUT2D eigenvalue weighted by Crippen LogP contribution is -2.19. The summed E-state index contributed by atoms with van der Waals surface area (Å²) in [5.41, 5.74) is 4.36. The van der Waals surface area contributed by atoms with E-state index >= 15 is 0 Å². The van der Waals surface area contributed by atoms with Gasteiger partial charge >= 0.3 is 6.09 Å². The van der Waals surface area contributed by atoms with Gasteiger partial charge in [-0.25, -0.2) is 4.79 Å². The second-order valence-corrected chi connectivity index (χ2v) is 7.04. The molecule has 1 aliphatic carbocycles. The van der Waals surface area contributed by atoms with Gasteiger partial charge in [-0.2, -0.15) is 0 Å². The van der Waals surface area contributed by atoms with Crippen molar-refractivity contribution in [3.05, 3.63) is 65.7 Å². The summed E-state index contributed by atoms with van der Waals surface area (Å²) in [5.74, 6) is 0.671. The molecule has 1 aliphatic rings. The molecule has 1 amide bonds. The number of oxime groups is 1. The van der Waals surface area contributed by atoms with Gasteiger partial charge in [0.2, 0.25) is 0 Å². The van der Waals surface area contributed by atoms with Crippen LogP contribution in [0.15, 0.2) is 59.8 Å². The van der Waals surface area contributed by atoms with Gasteiger partial charge in [-0.05, 0) is 41.5 Å². The molecule has 0 fully saturated rings. The molecule has 0 saturated carbocycles. The summed E-state index contributed by atoms with van der Waals surface area (Å²) in [6, 6.07) is 13.5. The van der Waals surface area contributed by atoms with Gasteiger partial charge in [0.05, 0.1) is 0 Å². The quantitative estimate of drug-likeness (QED) is 0.200. The minimum atomic E-state index is -0.473. The monoisotopic (exact) mass is 454 g/mol. The molecule has 33 heavy (non-hydrogen) atoms. The molecule has 0 aliphatic heterocycles. The van der Waals surface area contributed by atoms with Crippen molar-refractivity contribution in [2.24, 2.45) is 5.16 Å². The standard InChI is InChI=1S/C19H18N2O4.C6H14.CH2O/c1-20-19(22)25-11-5-4-10-24-13-8-9-15-14-6-2-3-7-16(14)18(21-23)17(15)12-13;1-3-5-6-4-2;1-2/h2-9,12,23H,10-11H2,1H3,(H,20,22);3-6H2,1-2H3;1H2/b5-4-,21-18+;;. The van der Waals surface area contributed by atoms with Crippen molar-refractivity contribution in [1.82, 2.24) is 5.32 Å². The summed E-state index contributed by atoms with van der Waals surface area (Å²) in [6.45, 7) is 6.99. The molecule has 2 aromatic carbocycles. The van der Waals surface area contributed by atoms with E-state index in [-0.39, 0.29) is 6.61 Å². The van der Waals surface area contributed by atoms with Crippen LogP contribution >= 0.6 is 0 Å². The summed E-state index contributed by atoms with van der Waals surface area (Å²) < 4.78 is 10.5. The van der Waals surface area contributed by atoms with E-state index in [0.717, 1.165) is 22.3 Å². The van der Waals surface area contributed by atoms with Crippen LogP contribution in [0.3, 0.4) is 0 Å². The Morgan fingerprint density at radius 3 is 2.18 bits per heavy atom. The minimum Gasteiger partial charge on any atom is -0.490 e. The van der Waals surface area contributed by atoms with E-state index in [0.29, 0.717) is 18.1 Å². The van der Waals surface area contributed by atoms with Crippen molar-refractivity contribution in [2.45, 2.75) is 39.5 Å². The van der Waals surface area contributed by atoms with Crippen LogP contribution in [0, 0.1) is 0 Å². The van der Waals surface area contributed by atoms with Crippen LogP contribution in [0.5, 0.6) is 5.75 Å². The normalized spacial score (nSPS) is 12.0. The third-order valence-corrected chi connectivity index (χ3v) is 4.80. The van der Waals surface area contributed by atoms with E-state index in [4.69, 9.17) is 14.3 Å². The maximum Gasteiger partial charge on any atom is 0.407 e. The molecule has 0 atom stereocenters. The molecular weight excluding hydrogens is 420 g/mol. The summed E-state index contributed by atoms with van der Waals surface area (Å²) in [6.07, 6.45) is 8.54. The average Bonchev–Trinajstić information content (AvgIpc) is 3.19. The van der Waals surface area contributed by atoms with Crippen molar-refractivity contribution >= 4 is 18.6 Å². The minimum absolute atomic E-state index is 0.184. The van der Waals surface area contributed by atoms with Crippen LogP contribution in [-0.2, 0) is 9.53 Å². The van der Waals surface area contributed by atoms with Crippen LogP contribution in [0.4, 0.5) is 4.79 Å².